The van der Waals surface area contributed by atoms with Crippen LogP contribution in [0.1, 0.15) is 16.7 Å². The van der Waals surface area contributed by atoms with Crippen LogP contribution in [0.25, 0.3) is 0 Å². The van der Waals surface area contributed by atoms with Crippen LogP contribution in [-0.2, 0) is 15.6 Å². The minimum Gasteiger partial charge on any atom is -0.315 e. The van der Waals surface area contributed by atoms with Crippen LogP contribution in [0.15, 0.2) is 47.5 Å². The van der Waals surface area contributed by atoms with Gasteiger partial charge in [0.1, 0.15) is 0 Å². The van der Waals surface area contributed by atoms with Crippen molar-refractivity contribution in [3.63, 3.8) is 0 Å². The zero-order chi connectivity index (χ0) is 19.2. The van der Waals surface area contributed by atoms with Crippen LogP contribution >= 0.6 is 23.4 Å². The number of sulfone groups is 1. The van der Waals surface area contributed by atoms with E-state index in [1.165, 1.54) is 5.56 Å². The van der Waals surface area contributed by atoms with Gasteiger partial charge >= 0.3 is 0 Å². The molecule has 0 unspecified atom stereocenters. The molecule has 142 valence electrons. The van der Waals surface area contributed by atoms with Crippen molar-refractivity contribution in [3.05, 3.63) is 64.2 Å². The van der Waals surface area contributed by atoms with Crippen LogP contribution in [0.5, 0.6) is 0 Å². The molecule has 2 heterocycles. The molecule has 2 atom stereocenters. The second-order valence-corrected chi connectivity index (χ2v) is 10.7. The van der Waals surface area contributed by atoms with Crippen molar-refractivity contribution < 1.29 is 8.42 Å². The van der Waals surface area contributed by atoms with Crippen LogP contribution in [0.2, 0.25) is 5.02 Å². The van der Waals surface area contributed by atoms with Gasteiger partial charge in [-0.25, -0.2) is 8.42 Å². The molecule has 2 aliphatic heterocycles. The molecule has 7 heteroatoms. The minimum absolute atomic E-state index is 0.107. The average Bonchev–Trinajstić information content (AvgIpc) is 3.06. The smallest absolute Gasteiger partial charge is 0.164 e. The first-order chi connectivity index (χ1) is 12.8. The lowest BCUT2D eigenvalue weighted by atomic mass is 10.1. The summed E-state index contributed by atoms with van der Waals surface area (Å²) < 4.78 is 24.3. The third kappa shape index (κ3) is 3.89. The Kier molecular flexibility index (Phi) is 4.99. The molecule has 1 fully saturated rings. The SMILES string of the molecule is Cc1ccc(N2C(SCc3ccc(Cl)cc3)=N[C@@H]3CS(=O)(=O)C[C@H]32)c(C)c1. The Morgan fingerprint density at radius 3 is 2.59 bits per heavy atom. The molecule has 0 bridgehead atoms. The third-order valence-electron chi connectivity index (χ3n) is 5.00. The van der Waals surface area contributed by atoms with E-state index < -0.39 is 9.84 Å². The highest BCUT2D eigenvalue weighted by Gasteiger charge is 2.47. The molecule has 0 aliphatic carbocycles. The molecule has 4 nitrogen and oxygen atoms in total. The third-order valence-corrected chi connectivity index (χ3v) is 7.99. The molecule has 2 aromatic rings. The van der Waals surface area contributed by atoms with Gasteiger partial charge in [0.25, 0.3) is 0 Å². The predicted octanol–water partition coefficient (Wildman–Crippen LogP) is 4.23. The average molecular weight is 421 g/mol. The van der Waals surface area contributed by atoms with Gasteiger partial charge in [-0.2, -0.15) is 0 Å². The first-order valence-electron chi connectivity index (χ1n) is 8.84. The van der Waals surface area contributed by atoms with Gasteiger partial charge in [-0.15, -0.1) is 0 Å². The van der Waals surface area contributed by atoms with Crippen LogP contribution in [0, 0.1) is 13.8 Å². The number of thioether (sulfide) groups is 1. The summed E-state index contributed by atoms with van der Waals surface area (Å²) in [4.78, 5) is 6.94. The maximum absolute atomic E-state index is 12.2. The summed E-state index contributed by atoms with van der Waals surface area (Å²) in [5, 5.41) is 1.63. The Balaban J connectivity index is 1.64. The van der Waals surface area contributed by atoms with Crippen LogP contribution < -0.4 is 4.90 Å². The lowest BCUT2D eigenvalue weighted by Gasteiger charge is -2.28. The summed E-state index contributed by atoms with van der Waals surface area (Å²) >= 11 is 7.62. The molecule has 0 spiro atoms. The number of rotatable bonds is 3. The molecular formula is C20H21ClN2O2S2. The maximum atomic E-state index is 12.2. The van der Waals surface area contributed by atoms with Crippen molar-refractivity contribution in [2.45, 2.75) is 31.7 Å². The lowest BCUT2D eigenvalue weighted by Crippen LogP contribution is -2.39. The molecule has 27 heavy (non-hydrogen) atoms. The monoisotopic (exact) mass is 420 g/mol. The van der Waals surface area contributed by atoms with E-state index in [2.05, 4.69) is 36.9 Å². The fourth-order valence-electron chi connectivity index (χ4n) is 3.72. The number of aryl methyl sites for hydroxylation is 2. The predicted molar refractivity (Wildman–Crippen MR) is 115 cm³/mol. The standard InChI is InChI=1S/C20H21ClN2O2S2/c1-13-3-8-18(14(2)9-13)23-19-12-27(24,25)11-17(19)22-20(23)26-10-15-4-6-16(21)7-5-15/h3-9,17,19H,10-12H2,1-2H3/t17-,19-/m1/s1. The number of aliphatic imine (C=N–C) groups is 1. The van der Waals surface area contributed by atoms with Crippen LogP contribution in [-0.4, -0.2) is 37.2 Å². The zero-order valence-corrected chi connectivity index (χ0v) is 17.6. The number of hydrogen-bond donors (Lipinski definition) is 0. The highest BCUT2D eigenvalue weighted by Crippen LogP contribution is 2.37. The lowest BCUT2D eigenvalue weighted by molar-refractivity contribution is 0.601. The Hall–Kier alpha value is -1.50. The molecule has 0 aromatic heterocycles. The number of anilines is 1. The summed E-state index contributed by atoms with van der Waals surface area (Å²) in [6.45, 7) is 4.13. The van der Waals surface area contributed by atoms with Gasteiger partial charge in [0, 0.05) is 16.5 Å². The molecular weight excluding hydrogens is 400 g/mol. The van der Waals surface area contributed by atoms with Gasteiger partial charge in [0.15, 0.2) is 15.0 Å². The van der Waals surface area contributed by atoms with Gasteiger partial charge in [-0.3, -0.25) is 4.99 Å². The van der Waals surface area contributed by atoms with Crippen LogP contribution in [0.3, 0.4) is 0 Å². The van der Waals surface area contributed by atoms with E-state index in [9.17, 15) is 8.42 Å². The van der Waals surface area contributed by atoms with E-state index in [1.807, 2.05) is 24.3 Å². The number of fused-ring (bicyclic) bond motifs is 1. The van der Waals surface area contributed by atoms with E-state index in [1.54, 1.807) is 11.8 Å². The van der Waals surface area contributed by atoms with E-state index >= 15 is 0 Å². The molecule has 2 aromatic carbocycles. The minimum atomic E-state index is -3.04. The molecule has 1 saturated heterocycles. The van der Waals surface area contributed by atoms with E-state index in [-0.39, 0.29) is 23.6 Å². The van der Waals surface area contributed by atoms with Crippen molar-refractivity contribution >= 4 is 44.1 Å². The molecule has 0 amide bonds. The number of halogens is 1. The van der Waals surface area contributed by atoms with E-state index in [4.69, 9.17) is 16.6 Å². The van der Waals surface area contributed by atoms with Gasteiger partial charge in [-0.1, -0.05) is 53.2 Å². The normalized spacial score (nSPS) is 23.4. The Morgan fingerprint density at radius 1 is 1.15 bits per heavy atom. The summed E-state index contributed by atoms with van der Waals surface area (Å²) in [6.07, 6.45) is 0. The number of amidine groups is 1. The van der Waals surface area contributed by atoms with Crippen LogP contribution in [0.4, 0.5) is 5.69 Å². The molecule has 4 rings (SSSR count). The largest absolute Gasteiger partial charge is 0.315 e. The Bertz CT molecular complexity index is 1000. The summed E-state index contributed by atoms with van der Waals surface area (Å²) in [7, 11) is -3.04. The Labute approximate surface area is 169 Å². The fourth-order valence-corrected chi connectivity index (χ4v) is 6.76. The second-order valence-electron chi connectivity index (χ2n) is 7.20. The molecule has 0 saturated carbocycles. The number of benzene rings is 2. The maximum Gasteiger partial charge on any atom is 0.164 e. The van der Waals surface area contributed by atoms with E-state index in [0.29, 0.717) is 0 Å². The number of nitrogens with zero attached hydrogens (tertiary/aromatic N) is 2. The first kappa shape index (κ1) is 18.8. The topological polar surface area (TPSA) is 49.7 Å². The van der Waals surface area contributed by atoms with Crippen molar-refractivity contribution in [1.29, 1.82) is 0 Å². The van der Waals surface area contributed by atoms with Crippen molar-refractivity contribution in [2.24, 2.45) is 4.99 Å². The number of hydrogen-bond acceptors (Lipinski definition) is 5. The highest BCUT2D eigenvalue weighted by molar-refractivity contribution is 8.13. The fraction of sp³-hybridized carbons (Fsp3) is 0.350. The Morgan fingerprint density at radius 2 is 1.89 bits per heavy atom. The highest BCUT2D eigenvalue weighted by atomic mass is 35.5. The zero-order valence-electron chi connectivity index (χ0n) is 15.2. The molecule has 2 aliphatic rings. The van der Waals surface area contributed by atoms with Crippen molar-refractivity contribution in [2.75, 3.05) is 16.4 Å². The van der Waals surface area contributed by atoms with Crippen molar-refractivity contribution in [3.8, 4) is 0 Å². The van der Waals surface area contributed by atoms with E-state index in [0.717, 1.165) is 32.8 Å². The molecule has 0 radical (unpaired) electrons. The van der Waals surface area contributed by atoms with Gasteiger partial charge in [-0.05, 0) is 43.2 Å². The summed E-state index contributed by atoms with van der Waals surface area (Å²) in [5.74, 6) is 1.08. The first-order valence-corrected chi connectivity index (χ1v) is 12.0. The summed E-state index contributed by atoms with van der Waals surface area (Å²) in [5.41, 5.74) is 4.54. The second kappa shape index (κ2) is 7.15. The molecule has 0 N–H and O–H groups in total. The van der Waals surface area contributed by atoms with Gasteiger partial charge in [0.05, 0.1) is 23.6 Å². The van der Waals surface area contributed by atoms with Crippen molar-refractivity contribution in [1.82, 2.24) is 0 Å². The summed E-state index contributed by atoms with van der Waals surface area (Å²) in [6, 6.07) is 13.8. The quantitative estimate of drug-likeness (QED) is 0.745. The van der Waals surface area contributed by atoms with Gasteiger partial charge < -0.3 is 4.90 Å². The van der Waals surface area contributed by atoms with Gasteiger partial charge in [0.2, 0.25) is 0 Å².